The number of hydrogen-bond donors (Lipinski definition) is 6. The maximum Gasteiger partial charge on any atom is 0.271 e. The second-order valence-electron chi connectivity index (χ2n) is 24.3. The Kier molecular flexibility index (Phi) is 21.0. The van der Waals surface area contributed by atoms with E-state index in [-0.39, 0.29) is 77.8 Å². The second kappa shape index (κ2) is 29.7. The minimum absolute atomic E-state index is 0.0309. The Morgan fingerprint density at radius 1 is 0.691 bits per heavy atom. The number of nitrogens with zero attached hydrogens (tertiary/aromatic N) is 9. The average molecular weight is 1390 g/mol. The van der Waals surface area contributed by atoms with E-state index in [1.165, 1.54) is 95.0 Å². The number of ketones is 1. The van der Waals surface area contributed by atoms with Crippen LogP contribution in [0.15, 0.2) is 64.0 Å². The summed E-state index contributed by atoms with van der Waals surface area (Å²) in [7, 11) is 2.98. The van der Waals surface area contributed by atoms with Crippen LogP contribution in [0, 0.1) is 24.7 Å². The van der Waals surface area contributed by atoms with Gasteiger partial charge in [-0.1, -0.05) is 44.2 Å². The number of amides is 6. The number of methoxy groups -OCH3 is 1. The molecule has 0 spiro atoms. The van der Waals surface area contributed by atoms with Gasteiger partial charge in [0.05, 0.1) is 41.2 Å². The Hall–Kier alpha value is -7.48. The Bertz CT molecular complexity index is 4080. The van der Waals surface area contributed by atoms with Gasteiger partial charge >= 0.3 is 0 Å². The number of likely N-dealkylation sites (tertiary alicyclic amines) is 2. The summed E-state index contributed by atoms with van der Waals surface area (Å²) < 4.78 is 5.49. The summed E-state index contributed by atoms with van der Waals surface area (Å²) in [4.78, 5) is 138. The summed E-state index contributed by atoms with van der Waals surface area (Å²) in [5.41, 5.74) is 3.07. The number of piperidine rings is 1. The fraction of sp³-hybridized carbons (Fsp3) is 0.446. The first-order chi connectivity index (χ1) is 45.5. The number of aryl methyl sites for hydroxylation is 1. The molecular weight excluding hydrogens is 1310 g/mol. The third-order valence-corrected chi connectivity index (χ3v) is 23.5. The molecule has 8 aromatic rings. The highest BCUT2D eigenvalue weighted by Gasteiger charge is 2.37. The highest BCUT2D eigenvalue weighted by atomic mass is 32.1. The summed E-state index contributed by atoms with van der Waals surface area (Å²) in [6.45, 7) is 9.12. The molecule has 7 aromatic heterocycles. The van der Waals surface area contributed by atoms with Gasteiger partial charge in [0.2, 0.25) is 23.6 Å². The van der Waals surface area contributed by atoms with E-state index in [0.29, 0.717) is 111 Å². The van der Waals surface area contributed by atoms with Gasteiger partial charge in [-0.05, 0) is 95.0 Å². The predicted molar refractivity (Wildman–Crippen MR) is 363 cm³/mol. The van der Waals surface area contributed by atoms with Gasteiger partial charge in [0, 0.05) is 89.4 Å². The Morgan fingerprint density at radius 3 is 2.13 bits per heavy atom. The largest absolute Gasteiger partial charge is 0.386 e. The van der Waals surface area contributed by atoms with Crippen molar-refractivity contribution >= 4 is 115 Å². The zero-order valence-corrected chi connectivity index (χ0v) is 57.4. The van der Waals surface area contributed by atoms with E-state index in [1.54, 1.807) is 53.4 Å². The molecule has 23 nitrogen and oxygen atoms in total. The van der Waals surface area contributed by atoms with Crippen molar-refractivity contribution in [2.45, 2.75) is 122 Å². The molecule has 492 valence electrons. The number of thiazole rings is 6. The number of ether oxygens (including phenoxy) is 1. The minimum atomic E-state index is -1.27. The molecule has 4 aliphatic rings. The number of rotatable bonds is 12. The van der Waals surface area contributed by atoms with Gasteiger partial charge in [-0.2, -0.15) is 0 Å². The van der Waals surface area contributed by atoms with E-state index in [4.69, 9.17) is 39.6 Å². The van der Waals surface area contributed by atoms with Crippen molar-refractivity contribution < 1.29 is 43.4 Å². The highest BCUT2D eigenvalue weighted by Crippen LogP contribution is 2.42. The number of nitrogens with one attached hydrogen (secondary N) is 5. The van der Waals surface area contributed by atoms with E-state index < -0.39 is 48.4 Å². The Balaban J connectivity index is 0.842. The third-order valence-electron chi connectivity index (χ3n) is 17.7. The number of aliphatic hydroxyl groups is 1. The van der Waals surface area contributed by atoms with Crippen molar-refractivity contribution in [3.05, 3.63) is 111 Å². The van der Waals surface area contributed by atoms with Crippen molar-refractivity contribution in [2.24, 2.45) is 17.8 Å². The quantitative estimate of drug-likeness (QED) is 0.0662. The van der Waals surface area contributed by atoms with Crippen LogP contribution in [0.25, 0.3) is 43.4 Å². The van der Waals surface area contributed by atoms with E-state index in [1.807, 2.05) is 36.3 Å². The molecule has 4 atom stereocenters. The summed E-state index contributed by atoms with van der Waals surface area (Å²) in [5.74, 6) is -3.01. The van der Waals surface area contributed by atoms with Gasteiger partial charge in [0.15, 0.2) is 5.78 Å². The first-order valence-corrected chi connectivity index (χ1v) is 36.6. The molecule has 3 fully saturated rings. The Labute approximate surface area is 567 Å². The SMILES string of the molecule is CNC(=O)C[C@@H]1NC(=O)c2csc(n2)-c2ccc(-c3nc(NC(=O)C4CCC(C(=O)N5CCC(N6CCCC6)CC5)CC4)cs3)nc2-c2csc(n2)-c2csc(n2)[C@H]([C@@H](O)c2ccccc2)NC(=O)CNC(=O)c2nc(sc2COC)[C@H](C(C)C)CC(=O)c2nc1sc2C. The zero-order valence-electron chi connectivity index (χ0n) is 52.5. The van der Waals surface area contributed by atoms with Crippen LogP contribution in [-0.2, 0) is 30.5 Å². The molecule has 1 aromatic carbocycles. The number of pyridine rings is 1. The van der Waals surface area contributed by atoms with E-state index in [9.17, 15) is 38.7 Å². The maximum atomic E-state index is 14.4. The van der Waals surface area contributed by atoms with Crippen LogP contribution in [0.4, 0.5) is 5.82 Å². The van der Waals surface area contributed by atoms with Crippen LogP contribution in [0.5, 0.6) is 0 Å². The first kappa shape index (κ1) is 66.5. The predicted octanol–water partition coefficient (Wildman–Crippen LogP) is 10.0. The molecule has 10 heterocycles. The fourth-order valence-electron chi connectivity index (χ4n) is 12.5. The number of Topliss-reactive ketones (excluding diaryl/α,β-unsaturated/α-hetero) is 1. The van der Waals surface area contributed by atoms with Crippen molar-refractivity contribution in [2.75, 3.05) is 52.2 Å². The lowest BCUT2D eigenvalue weighted by Gasteiger charge is -2.39. The molecule has 29 heteroatoms. The number of aromatic nitrogens is 7. The molecular formula is C65H72N14O9S6. The van der Waals surface area contributed by atoms with Gasteiger partial charge < -0.3 is 46.2 Å². The van der Waals surface area contributed by atoms with Crippen LogP contribution in [0.3, 0.4) is 0 Å². The van der Waals surface area contributed by atoms with Gasteiger partial charge in [-0.25, -0.2) is 34.9 Å². The van der Waals surface area contributed by atoms with Gasteiger partial charge in [-0.3, -0.25) is 33.6 Å². The van der Waals surface area contributed by atoms with Crippen LogP contribution >= 0.6 is 68.0 Å². The van der Waals surface area contributed by atoms with Crippen LogP contribution < -0.4 is 26.6 Å². The summed E-state index contributed by atoms with van der Waals surface area (Å²) in [6, 6.07) is 11.0. The lowest BCUT2D eigenvalue weighted by atomic mass is 9.80. The fourth-order valence-corrected chi connectivity index (χ4v) is 18.1. The molecule has 1 aliphatic carbocycles. The second-order valence-corrected chi connectivity index (χ2v) is 30.1. The first-order valence-electron chi connectivity index (χ1n) is 31.5. The third kappa shape index (κ3) is 15.0. The monoisotopic (exact) mass is 1380 g/mol. The summed E-state index contributed by atoms with van der Waals surface area (Å²) in [6.07, 6.45) is 5.61. The Morgan fingerprint density at radius 2 is 1.38 bits per heavy atom. The number of carbonyl (C=O) groups excluding carboxylic acids is 7. The molecule has 0 unspecified atom stereocenters. The molecule has 0 radical (unpaired) electrons. The van der Waals surface area contributed by atoms with Crippen LogP contribution in [-0.4, -0.2) is 144 Å². The molecule has 12 rings (SSSR count). The molecule has 10 bridgehead atoms. The topological polar surface area (TPSA) is 306 Å². The number of anilines is 1. The summed E-state index contributed by atoms with van der Waals surface area (Å²) in [5, 5.41) is 35.9. The summed E-state index contributed by atoms with van der Waals surface area (Å²) >= 11 is 7.44. The van der Waals surface area contributed by atoms with E-state index in [2.05, 4.69) is 31.5 Å². The van der Waals surface area contributed by atoms with Gasteiger partial charge in [0.25, 0.3) is 11.8 Å². The van der Waals surface area contributed by atoms with Crippen molar-refractivity contribution in [3.63, 3.8) is 0 Å². The maximum absolute atomic E-state index is 14.4. The molecule has 6 amide bonds. The molecule has 94 heavy (non-hydrogen) atoms. The molecule has 3 aliphatic heterocycles. The van der Waals surface area contributed by atoms with Gasteiger partial charge in [-0.15, -0.1) is 68.0 Å². The molecule has 1 saturated carbocycles. The number of aliphatic hydroxyl groups excluding tert-OH is 1. The molecule has 6 N–H and O–H groups in total. The zero-order chi connectivity index (χ0) is 65.7. The molecule has 2 saturated heterocycles. The lowest BCUT2D eigenvalue weighted by molar-refractivity contribution is -0.139. The highest BCUT2D eigenvalue weighted by molar-refractivity contribution is 7.15. The number of benzene rings is 1. The van der Waals surface area contributed by atoms with Crippen molar-refractivity contribution in [3.8, 4) is 43.4 Å². The van der Waals surface area contributed by atoms with Crippen LogP contribution in [0.2, 0.25) is 0 Å². The standard InChI is InChI=1S/C65H72N14O9S6/c1-33(2)40-25-46(80)51-34(3)93-63(76-51)42(26-49(81)66-4)69-57(85)44-30-89-59(71-44)39-17-18-41(61-74-48(32-92-61)73-56(84)36-13-15-37(16-14-36)65(87)79-23-19-38(20-24-79)78-21-9-10-22-78)68-52(39)43-29-90-62(70-43)45-31-91-64(72-45)54(55(83)35-11-7-6-8-12-35)75-50(82)27-67-58(86)53-47(28-88-5)94-60(40)77-53/h6-8,11-12,17-18,29-33,36-38,40,42,54-55,83H,9-10,13-16,19-28H2,1-5H3,(H,66,81)(H,67,86)(H,69,85)(H,73,84)(H,75,82)/t36?,37?,40-,42-,54-,55-/m0/s1. The average Bonchev–Trinajstić information content (AvgIpc) is 1.64. The lowest BCUT2D eigenvalue weighted by Crippen LogP contribution is -2.48. The van der Waals surface area contributed by atoms with Crippen molar-refractivity contribution in [1.82, 2.24) is 66.0 Å². The normalized spacial score (nSPS) is 20.7. The minimum Gasteiger partial charge on any atom is -0.386 e. The van der Waals surface area contributed by atoms with Crippen molar-refractivity contribution in [1.29, 1.82) is 0 Å². The smallest absolute Gasteiger partial charge is 0.271 e. The van der Waals surface area contributed by atoms with Gasteiger partial charge in [0.1, 0.15) is 77.2 Å². The number of fused-ring (bicyclic) bond motifs is 14. The van der Waals surface area contributed by atoms with E-state index in [0.717, 1.165) is 39.0 Å². The van der Waals surface area contributed by atoms with Crippen LogP contribution in [0.1, 0.15) is 164 Å². The van der Waals surface area contributed by atoms with E-state index >= 15 is 0 Å². The number of hydrogen-bond acceptors (Lipinski definition) is 23. The number of carbonyl (C=O) groups is 7.